The molecule has 0 aliphatic heterocycles. The minimum Gasteiger partial charge on any atom is -0.399 e. The van der Waals surface area contributed by atoms with E-state index in [4.69, 9.17) is 17.3 Å². The highest BCUT2D eigenvalue weighted by atomic mass is 35.5. The standard InChI is InChI=1S/C15H16ClN3/c1-10-3-8-14(9-15(10)16)19-18-11(2)12-4-6-13(17)7-5-12/h3-9,19H,17H2,1-2H3/b18-11-. The second-order valence-electron chi connectivity index (χ2n) is 4.39. The third kappa shape index (κ3) is 3.48. The number of halogens is 1. The van der Waals surface area contributed by atoms with Crippen LogP contribution in [0.15, 0.2) is 47.6 Å². The lowest BCUT2D eigenvalue weighted by atomic mass is 10.1. The van der Waals surface area contributed by atoms with Crippen LogP contribution < -0.4 is 11.2 Å². The summed E-state index contributed by atoms with van der Waals surface area (Å²) in [5.41, 5.74) is 13.2. The number of anilines is 2. The number of hydrazone groups is 1. The van der Waals surface area contributed by atoms with Gasteiger partial charge in [0.05, 0.1) is 11.4 Å². The Bertz CT molecular complexity index is 603. The van der Waals surface area contributed by atoms with Crippen LogP contribution in [0.25, 0.3) is 0 Å². The van der Waals surface area contributed by atoms with Crippen LogP contribution in [0.5, 0.6) is 0 Å². The maximum atomic E-state index is 6.06. The monoisotopic (exact) mass is 273 g/mol. The first-order valence-corrected chi connectivity index (χ1v) is 6.36. The maximum absolute atomic E-state index is 6.06. The number of nitrogens with zero attached hydrogens (tertiary/aromatic N) is 1. The average molecular weight is 274 g/mol. The molecular weight excluding hydrogens is 258 g/mol. The highest BCUT2D eigenvalue weighted by Crippen LogP contribution is 2.20. The molecule has 0 aromatic heterocycles. The maximum Gasteiger partial charge on any atom is 0.0648 e. The van der Waals surface area contributed by atoms with Gasteiger partial charge in [0.1, 0.15) is 0 Å². The molecule has 0 heterocycles. The number of hydrogen-bond acceptors (Lipinski definition) is 3. The van der Waals surface area contributed by atoms with E-state index in [9.17, 15) is 0 Å². The van der Waals surface area contributed by atoms with Gasteiger partial charge in [-0.3, -0.25) is 5.43 Å². The summed E-state index contributed by atoms with van der Waals surface area (Å²) < 4.78 is 0. The second kappa shape index (κ2) is 5.76. The van der Waals surface area contributed by atoms with Gasteiger partial charge in [-0.25, -0.2) is 0 Å². The molecule has 0 saturated heterocycles. The van der Waals surface area contributed by atoms with E-state index in [0.717, 1.165) is 33.2 Å². The van der Waals surface area contributed by atoms with Crippen LogP contribution in [0, 0.1) is 6.92 Å². The van der Waals surface area contributed by atoms with Crippen molar-refractivity contribution in [3.63, 3.8) is 0 Å². The molecule has 0 fully saturated rings. The topological polar surface area (TPSA) is 50.4 Å². The summed E-state index contributed by atoms with van der Waals surface area (Å²) in [6.45, 7) is 3.91. The van der Waals surface area contributed by atoms with Crippen molar-refractivity contribution in [3.05, 3.63) is 58.6 Å². The Morgan fingerprint density at radius 1 is 1.16 bits per heavy atom. The van der Waals surface area contributed by atoms with Crippen molar-refractivity contribution < 1.29 is 0 Å². The fourth-order valence-corrected chi connectivity index (χ4v) is 1.78. The number of nitrogen functional groups attached to an aromatic ring is 1. The quantitative estimate of drug-likeness (QED) is 0.503. The van der Waals surface area contributed by atoms with E-state index in [0.29, 0.717) is 0 Å². The highest BCUT2D eigenvalue weighted by molar-refractivity contribution is 6.31. The van der Waals surface area contributed by atoms with Gasteiger partial charge < -0.3 is 5.73 Å². The third-order valence-electron chi connectivity index (χ3n) is 2.85. The Hall–Kier alpha value is -2.00. The van der Waals surface area contributed by atoms with Crippen LogP contribution in [0.4, 0.5) is 11.4 Å². The summed E-state index contributed by atoms with van der Waals surface area (Å²) >= 11 is 6.06. The van der Waals surface area contributed by atoms with Crippen LogP contribution in [-0.4, -0.2) is 5.71 Å². The number of aryl methyl sites for hydroxylation is 1. The molecule has 98 valence electrons. The summed E-state index contributed by atoms with van der Waals surface area (Å²) in [7, 11) is 0. The van der Waals surface area contributed by atoms with Crippen LogP contribution >= 0.6 is 11.6 Å². The number of rotatable bonds is 3. The van der Waals surface area contributed by atoms with Gasteiger partial charge in [-0.2, -0.15) is 5.10 Å². The predicted molar refractivity (Wildman–Crippen MR) is 82.9 cm³/mol. The first-order valence-electron chi connectivity index (χ1n) is 5.98. The van der Waals surface area contributed by atoms with Gasteiger partial charge in [0.15, 0.2) is 0 Å². The summed E-state index contributed by atoms with van der Waals surface area (Å²) in [6.07, 6.45) is 0. The number of benzene rings is 2. The summed E-state index contributed by atoms with van der Waals surface area (Å²) in [6, 6.07) is 13.4. The van der Waals surface area contributed by atoms with E-state index in [1.54, 1.807) is 0 Å². The van der Waals surface area contributed by atoms with Crippen molar-refractivity contribution in [3.8, 4) is 0 Å². The molecule has 0 amide bonds. The van der Waals surface area contributed by atoms with E-state index in [1.165, 1.54) is 0 Å². The summed E-state index contributed by atoms with van der Waals surface area (Å²) in [5.74, 6) is 0. The van der Waals surface area contributed by atoms with E-state index in [2.05, 4.69) is 10.5 Å². The van der Waals surface area contributed by atoms with Crippen LogP contribution in [-0.2, 0) is 0 Å². The minimum absolute atomic E-state index is 0.727. The van der Waals surface area contributed by atoms with E-state index in [1.807, 2.05) is 56.3 Å². The second-order valence-corrected chi connectivity index (χ2v) is 4.80. The smallest absolute Gasteiger partial charge is 0.0648 e. The largest absolute Gasteiger partial charge is 0.399 e. The molecule has 2 aromatic rings. The van der Waals surface area contributed by atoms with Crippen molar-refractivity contribution >= 4 is 28.7 Å². The molecule has 4 heteroatoms. The Morgan fingerprint density at radius 3 is 2.47 bits per heavy atom. The third-order valence-corrected chi connectivity index (χ3v) is 3.26. The first-order chi connectivity index (χ1) is 9.06. The lowest BCUT2D eigenvalue weighted by Crippen LogP contribution is -2.00. The van der Waals surface area contributed by atoms with E-state index >= 15 is 0 Å². The molecule has 2 aromatic carbocycles. The molecule has 0 saturated carbocycles. The predicted octanol–water partition coefficient (Wildman–Crippen LogP) is 4.07. The van der Waals surface area contributed by atoms with Crippen LogP contribution in [0.2, 0.25) is 5.02 Å². The number of nitrogens with two attached hydrogens (primary N) is 1. The zero-order valence-electron chi connectivity index (χ0n) is 10.9. The zero-order chi connectivity index (χ0) is 13.8. The Labute approximate surface area is 118 Å². The van der Waals surface area contributed by atoms with Gasteiger partial charge in [0.2, 0.25) is 0 Å². The molecule has 0 radical (unpaired) electrons. The van der Waals surface area contributed by atoms with Crippen molar-refractivity contribution in [1.82, 2.24) is 0 Å². The van der Waals surface area contributed by atoms with Crippen molar-refractivity contribution in [2.24, 2.45) is 5.10 Å². The van der Waals surface area contributed by atoms with E-state index < -0.39 is 0 Å². The molecule has 2 rings (SSSR count). The Kier molecular flexibility index (Phi) is 4.07. The molecule has 19 heavy (non-hydrogen) atoms. The SMILES string of the molecule is C/C(=N/Nc1ccc(C)c(Cl)c1)c1ccc(N)cc1. The van der Waals surface area contributed by atoms with Gasteiger partial charge in [-0.05, 0) is 49.2 Å². The lowest BCUT2D eigenvalue weighted by Gasteiger charge is -2.05. The van der Waals surface area contributed by atoms with Gasteiger partial charge in [0.25, 0.3) is 0 Å². The number of hydrogen-bond donors (Lipinski definition) is 2. The minimum atomic E-state index is 0.727. The molecular formula is C15H16ClN3. The molecule has 3 N–H and O–H groups in total. The summed E-state index contributed by atoms with van der Waals surface area (Å²) in [5, 5.41) is 5.06. The molecule has 0 atom stereocenters. The van der Waals surface area contributed by atoms with Crippen LogP contribution in [0.1, 0.15) is 18.1 Å². The molecule has 0 spiro atoms. The summed E-state index contributed by atoms with van der Waals surface area (Å²) in [4.78, 5) is 0. The van der Waals surface area contributed by atoms with Crippen LogP contribution in [0.3, 0.4) is 0 Å². The van der Waals surface area contributed by atoms with Crippen molar-refractivity contribution in [1.29, 1.82) is 0 Å². The normalized spacial score (nSPS) is 11.4. The highest BCUT2D eigenvalue weighted by Gasteiger charge is 1.99. The molecule has 0 unspecified atom stereocenters. The van der Waals surface area contributed by atoms with Gasteiger partial charge in [-0.1, -0.05) is 29.8 Å². The van der Waals surface area contributed by atoms with Gasteiger partial charge in [-0.15, -0.1) is 0 Å². The first kappa shape index (κ1) is 13.4. The van der Waals surface area contributed by atoms with E-state index in [-0.39, 0.29) is 0 Å². The molecule has 0 bridgehead atoms. The fraction of sp³-hybridized carbons (Fsp3) is 0.133. The molecule has 3 nitrogen and oxygen atoms in total. The fourth-order valence-electron chi connectivity index (χ4n) is 1.60. The lowest BCUT2D eigenvalue weighted by molar-refractivity contribution is 1.31. The molecule has 0 aliphatic rings. The van der Waals surface area contributed by atoms with Gasteiger partial charge >= 0.3 is 0 Å². The zero-order valence-corrected chi connectivity index (χ0v) is 11.7. The van der Waals surface area contributed by atoms with Gasteiger partial charge in [0, 0.05) is 10.7 Å². The molecule has 0 aliphatic carbocycles. The Morgan fingerprint density at radius 2 is 1.84 bits per heavy atom. The van der Waals surface area contributed by atoms with Crippen molar-refractivity contribution in [2.75, 3.05) is 11.2 Å². The van der Waals surface area contributed by atoms with Crippen molar-refractivity contribution in [2.45, 2.75) is 13.8 Å². The average Bonchev–Trinajstić information content (AvgIpc) is 2.40. The number of nitrogens with one attached hydrogen (secondary N) is 1. The Balaban J connectivity index is 2.13.